The van der Waals surface area contributed by atoms with Crippen LogP contribution in [0.2, 0.25) is 0 Å². The van der Waals surface area contributed by atoms with Crippen LogP contribution in [0, 0.1) is 37.4 Å². The lowest BCUT2D eigenvalue weighted by molar-refractivity contribution is 0.400. The first-order valence-electron chi connectivity index (χ1n) is 10.2. The molecule has 2 aliphatic rings. The number of hydrogen-bond donors (Lipinski definition) is 0. The van der Waals surface area contributed by atoms with Gasteiger partial charge in [0.1, 0.15) is 5.69 Å². The van der Waals surface area contributed by atoms with E-state index in [-0.39, 0.29) is 0 Å². The molecule has 3 aromatic rings. The maximum absolute atomic E-state index is 14.9. The van der Waals surface area contributed by atoms with Gasteiger partial charge in [0.15, 0.2) is 0 Å². The third kappa shape index (κ3) is 3.46. The van der Waals surface area contributed by atoms with Crippen molar-refractivity contribution in [3.63, 3.8) is 0 Å². The van der Waals surface area contributed by atoms with Crippen molar-refractivity contribution in [3.8, 4) is 39.3 Å². The summed E-state index contributed by atoms with van der Waals surface area (Å²) in [5.41, 5.74) is 4.39. The van der Waals surface area contributed by atoms with Gasteiger partial charge in [-0.1, -0.05) is 77.9 Å². The largest absolute Gasteiger partial charge is 0.254 e. The van der Waals surface area contributed by atoms with Gasteiger partial charge in [0.05, 0.1) is 11.4 Å². The number of pyridine rings is 1. The molecule has 2 aromatic carbocycles. The van der Waals surface area contributed by atoms with Crippen LogP contribution in [0.15, 0.2) is 66.7 Å². The minimum Gasteiger partial charge on any atom is -0.226 e. The monoisotopic (exact) mass is 447 g/mol. The Kier molecular flexibility index (Phi) is 4.96. The van der Waals surface area contributed by atoms with Gasteiger partial charge in [-0.2, -0.15) is 27.6 Å². The number of fused-ring (bicyclic) bond motifs is 1. The van der Waals surface area contributed by atoms with E-state index in [1.165, 1.54) is 0 Å². The van der Waals surface area contributed by atoms with Crippen molar-refractivity contribution in [2.24, 2.45) is 0 Å². The van der Waals surface area contributed by atoms with Crippen LogP contribution < -0.4 is 0 Å². The first-order valence-corrected chi connectivity index (χ1v) is 10.2. The van der Waals surface area contributed by atoms with E-state index in [0.29, 0.717) is 28.1 Å². The molecule has 3 nitrogen and oxygen atoms in total. The van der Waals surface area contributed by atoms with Crippen LogP contribution in [-0.4, -0.2) is 14.8 Å². The van der Waals surface area contributed by atoms with E-state index in [9.17, 15) is 17.6 Å². The molecule has 1 aromatic heterocycles. The highest BCUT2D eigenvalue weighted by molar-refractivity contribution is 5.91. The molecule has 0 amide bonds. The van der Waals surface area contributed by atoms with Gasteiger partial charge in [-0.05, 0) is 13.8 Å². The van der Waals surface area contributed by atoms with Crippen LogP contribution in [-0.2, 0) is 0 Å². The number of hydrogen-bond acceptors (Lipinski definition) is 2. The zero-order valence-electron chi connectivity index (χ0n) is 17.7. The van der Waals surface area contributed by atoms with Gasteiger partial charge >= 0.3 is 0 Å². The van der Waals surface area contributed by atoms with E-state index in [1.54, 1.807) is 24.3 Å². The average Bonchev–Trinajstić information content (AvgIpc) is 3.28. The number of halogens is 4. The molecule has 0 unspecified atom stereocenters. The Hall–Kier alpha value is -4.00. The second-order valence-corrected chi connectivity index (χ2v) is 7.86. The first kappa shape index (κ1) is 20.9. The molecule has 0 spiro atoms. The van der Waals surface area contributed by atoms with Gasteiger partial charge in [0.2, 0.25) is 11.6 Å². The summed E-state index contributed by atoms with van der Waals surface area (Å²) >= 11 is 0. The third-order valence-corrected chi connectivity index (χ3v) is 5.57. The summed E-state index contributed by atoms with van der Waals surface area (Å²) in [5, 5.41) is 4.52. The summed E-state index contributed by atoms with van der Waals surface area (Å²) in [6.45, 7) is 3.84. The predicted octanol–water partition coefficient (Wildman–Crippen LogP) is 6.88. The van der Waals surface area contributed by atoms with Crippen LogP contribution in [0.4, 0.5) is 17.6 Å². The quantitative estimate of drug-likeness (QED) is 0.223. The fourth-order valence-electron chi connectivity index (χ4n) is 3.89. The third-order valence-electron chi connectivity index (χ3n) is 5.57. The molecule has 2 heterocycles. The van der Waals surface area contributed by atoms with E-state index >= 15 is 0 Å². The van der Waals surface area contributed by atoms with Gasteiger partial charge in [-0.15, -0.1) is 0 Å². The zero-order valence-corrected chi connectivity index (χ0v) is 17.7. The second-order valence-electron chi connectivity index (χ2n) is 7.86. The fourth-order valence-corrected chi connectivity index (χ4v) is 3.89. The fraction of sp³-hybridized carbons (Fsp3) is 0.0769. The number of aromatic nitrogens is 3. The predicted molar refractivity (Wildman–Crippen MR) is 118 cm³/mol. The lowest BCUT2D eigenvalue weighted by Gasteiger charge is -2.21. The standard InChI is InChI=1S/C26H17F4N3/c1-14-6-10-16(11-7-14)22-18-4-3-5-19(18)23(17-12-8-15(2)9-13-17)33(32-22)24-20(27)25(29)31-26(30)21(24)28/h3-13H,1-2H3. The first-order chi connectivity index (χ1) is 15.8. The maximum atomic E-state index is 14.9. The highest BCUT2D eigenvalue weighted by atomic mass is 19.2. The van der Waals surface area contributed by atoms with Crippen molar-refractivity contribution in [2.45, 2.75) is 13.8 Å². The molecule has 1 aliphatic heterocycles. The summed E-state index contributed by atoms with van der Waals surface area (Å²) in [5.74, 6) is -6.74. The summed E-state index contributed by atoms with van der Waals surface area (Å²) in [4.78, 5) is 2.69. The Morgan fingerprint density at radius 3 is 1.73 bits per heavy atom. The molecule has 0 atom stereocenters. The number of benzene rings is 2. The summed E-state index contributed by atoms with van der Waals surface area (Å²) in [6.07, 6.45) is 0. The van der Waals surface area contributed by atoms with Crippen LogP contribution in [0.25, 0.3) is 39.3 Å². The molecule has 33 heavy (non-hydrogen) atoms. The topological polar surface area (TPSA) is 30.7 Å². The number of aryl methyl sites for hydroxylation is 2. The van der Waals surface area contributed by atoms with Gasteiger partial charge in [0.25, 0.3) is 11.9 Å². The van der Waals surface area contributed by atoms with Crippen molar-refractivity contribution in [2.75, 3.05) is 0 Å². The van der Waals surface area contributed by atoms with Crippen molar-refractivity contribution < 1.29 is 17.6 Å². The van der Waals surface area contributed by atoms with E-state index in [0.717, 1.165) is 21.4 Å². The minimum absolute atomic E-state index is 0.300. The smallest absolute Gasteiger partial charge is 0.226 e. The highest BCUT2D eigenvalue weighted by Gasteiger charge is 2.28. The molecule has 0 saturated carbocycles. The maximum Gasteiger partial charge on any atom is 0.254 e. The van der Waals surface area contributed by atoms with E-state index in [1.807, 2.05) is 56.3 Å². The highest BCUT2D eigenvalue weighted by Crippen LogP contribution is 2.41. The summed E-state index contributed by atoms with van der Waals surface area (Å²) < 4.78 is 58.9. The van der Waals surface area contributed by atoms with Gasteiger partial charge in [-0.3, -0.25) is 0 Å². The molecule has 0 radical (unpaired) electrons. The molecule has 164 valence electrons. The lowest BCUT2D eigenvalue weighted by Crippen LogP contribution is -2.16. The Balaban J connectivity index is 1.93. The van der Waals surface area contributed by atoms with Crippen molar-refractivity contribution in [1.29, 1.82) is 0 Å². The molecular weight excluding hydrogens is 430 g/mol. The van der Waals surface area contributed by atoms with Crippen LogP contribution in [0.1, 0.15) is 11.1 Å². The SMILES string of the molecule is Cc1ccc(-c2nn(-c3c(F)c(F)nc(F)c3F)c(-c3ccc(C)cc3)c3cccc2-3)cc1. The number of rotatable bonds is 3. The Labute approximate surface area is 187 Å². The van der Waals surface area contributed by atoms with Crippen LogP contribution in [0.5, 0.6) is 0 Å². The second kappa shape index (κ2) is 7.85. The molecule has 0 bridgehead atoms. The van der Waals surface area contributed by atoms with Gasteiger partial charge in [-0.25, -0.2) is 4.68 Å². The van der Waals surface area contributed by atoms with Gasteiger partial charge in [0, 0.05) is 22.3 Å². The normalized spacial score (nSPS) is 11.3. The van der Waals surface area contributed by atoms with Crippen molar-refractivity contribution in [3.05, 3.63) is 101 Å². The lowest BCUT2D eigenvalue weighted by atomic mass is 9.97. The molecule has 5 rings (SSSR count). The van der Waals surface area contributed by atoms with Crippen LogP contribution >= 0.6 is 0 Å². The average molecular weight is 447 g/mol. The van der Waals surface area contributed by atoms with E-state index < -0.39 is 29.2 Å². The van der Waals surface area contributed by atoms with E-state index in [4.69, 9.17) is 0 Å². The summed E-state index contributed by atoms with van der Waals surface area (Å²) in [7, 11) is 0. The molecule has 0 N–H and O–H groups in total. The van der Waals surface area contributed by atoms with Crippen molar-refractivity contribution >= 4 is 0 Å². The van der Waals surface area contributed by atoms with Gasteiger partial charge < -0.3 is 0 Å². The molecular formula is C26H17F4N3. The van der Waals surface area contributed by atoms with E-state index in [2.05, 4.69) is 10.1 Å². The number of nitrogens with zero attached hydrogens (tertiary/aromatic N) is 3. The summed E-state index contributed by atoms with van der Waals surface area (Å²) in [6, 6.07) is 20.1. The molecule has 1 aliphatic carbocycles. The Bertz CT molecular complexity index is 1430. The Morgan fingerprint density at radius 2 is 1.15 bits per heavy atom. The van der Waals surface area contributed by atoms with Crippen LogP contribution in [0.3, 0.4) is 0 Å². The van der Waals surface area contributed by atoms with Crippen molar-refractivity contribution in [1.82, 2.24) is 14.8 Å². The minimum atomic E-state index is -1.74. The zero-order chi connectivity index (χ0) is 23.3. The molecule has 0 saturated heterocycles. The molecule has 0 fully saturated rings. The molecule has 7 heteroatoms. The Morgan fingerprint density at radius 1 is 0.636 bits per heavy atom.